The third-order valence-electron chi connectivity index (χ3n) is 1.75. The second-order valence-corrected chi connectivity index (χ2v) is 4.07. The van der Waals surface area contributed by atoms with Gasteiger partial charge in [0, 0.05) is 16.5 Å². The molecular formula is C10H11NO4S. The Morgan fingerprint density at radius 2 is 2.31 bits per heavy atom. The van der Waals surface area contributed by atoms with Gasteiger partial charge in [-0.15, -0.1) is 0 Å². The minimum atomic E-state index is -0.457. The Morgan fingerprint density at radius 1 is 1.62 bits per heavy atom. The molecule has 1 aromatic rings. The normalized spacial score (nSPS) is 11.2. The lowest BCUT2D eigenvalue weighted by Crippen LogP contribution is -2.04. The van der Waals surface area contributed by atoms with Gasteiger partial charge < -0.3 is 4.74 Å². The summed E-state index contributed by atoms with van der Waals surface area (Å²) in [6, 6.07) is 3.01. The molecule has 1 rings (SSSR count). The maximum absolute atomic E-state index is 11.3. The molecule has 0 aromatic carbocycles. The zero-order chi connectivity index (χ0) is 12.1. The van der Waals surface area contributed by atoms with E-state index in [1.807, 2.05) is 0 Å². The highest BCUT2D eigenvalue weighted by atomic mass is 32.1. The van der Waals surface area contributed by atoms with E-state index >= 15 is 0 Å². The summed E-state index contributed by atoms with van der Waals surface area (Å²) in [4.78, 5) is 21.9. The first-order chi connectivity index (χ1) is 7.54. The van der Waals surface area contributed by atoms with Gasteiger partial charge in [-0.2, -0.15) is 0 Å². The van der Waals surface area contributed by atoms with Crippen molar-refractivity contribution in [2.75, 3.05) is 6.61 Å². The highest BCUT2D eigenvalue weighted by Crippen LogP contribution is 2.25. The van der Waals surface area contributed by atoms with Crippen molar-refractivity contribution in [3.8, 4) is 0 Å². The standard InChI is InChI=1S/C10H11NO4S/c1-3-15-10(12)7(2)6-8-4-5-9(16-8)11(13)14/h4-6H,3H2,1-2H3/b7-6+. The van der Waals surface area contributed by atoms with E-state index in [9.17, 15) is 14.9 Å². The van der Waals surface area contributed by atoms with E-state index in [-0.39, 0.29) is 5.00 Å². The van der Waals surface area contributed by atoms with Crippen molar-refractivity contribution in [2.45, 2.75) is 13.8 Å². The van der Waals surface area contributed by atoms with Crippen molar-refractivity contribution in [3.05, 3.63) is 32.7 Å². The summed E-state index contributed by atoms with van der Waals surface area (Å²) in [6.45, 7) is 3.65. The largest absolute Gasteiger partial charge is 0.463 e. The molecule has 0 aliphatic rings. The number of carbonyl (C=O) groups excluding carboxylic acids is 1. The number of nitro groups is 1. The third-order valence-corrected chi connectivity index (χ3v) is 2.73. The van der Waals surface area contributed by atoms with Gasteiger partial charge in [0.2, 0.25) is 0 Å². The summed E-state index contributed by atoms with van der Waals surface area (Å²) in [7, 11) is 0. The number of nitrogens with zero attached hydrogens (tertiary/aromatic N) is 1. The van der Waals surface area contributed by atoms with E-state index < -0.39 is 10.9 Å². The molecule has 86 valence electrons. The molecule has 0 bridgehead atoms. The van der Waals surface area contributed by atoms with E-state index in [2.05, 4.69) is 0 Å². The van der Waals surface area contributed by atoms with Gasteiger partial charge in [-0.25, -0.2) is 4.79 Å². The zero-order valence-electron chi connectivity index (χ0n) is 8.93. The van der Waals surface area contributed by atoms with Gasteiger partial charge >= 0.3 is 11.0 Å². The van der Waals surface area contributed by atoms with Gasteiger partial charge in [-0.05, 0) is 26.0 Å². The lowest BCUT2D eigenvalue weighted by molar-refractivity contribution is -0.380. The van der Waals surface area contributed by atoms with Crippen LogP contribution in [0.15, 0.2) is 17.7 Å². The van der Waals surface area contributed by atoms with Crippen LogP contribution < -0.4 is 0 Å². The quantitative estimate of drug-likeness (QED) is 0.351. The van der Waals surface area contributed by atoms with Crippen molar-refractivity contribution in [1.82, 2.24) is 0 Å². The molecule has 0 fully saturated rings. The van der Waals surface area contributed by atoms with Crippen LogP contribution in [0.2, 0.25) is 0 Å². The van der Waals surface area contributed by atoms with Crippen molar-refractivity contribution >= 4 is 28.4 Å². The van der Waals surface area contributed by atoms with Crippen molar-refractivity contribution in [1.29, 1.82) is 0 Å². The summed E-state index contributed by atoms with van der Waals surface area (Å²) >= 11 is 1.02. The molecule has 0 aliphatic carbocycles. The predicted octanol–water partition coefficient (Wildman–Crippen LogP) is 2.62. The molecule has 0 N–H and O–H groups in total. The van der Waals surface area contributed by atoms with E-state index in [1.54, 1.807) is 26.0 Å². The molecule has 0 saturated heterocycles. The van der Waals surface area contributed by atoms with Gasteiger partial charge in [0.1, 0.15) is 0 Å². The minimum absolute atomic E-state index is 0.0582. The fourth-order valence-electron chi connectivity index (χ4n) is 1.04. The van der Waals surface area contributed by atoms with Crippen LogP contribution in [-0.2, 0) is 9.53 Å². The number of carbonyl (C=O) groups is 1. The van der Waals surface area contributed by atoms with Crippen LogP contribution in [0.5, 0.6) is 0 Å². The summed E-state index contributed by atoms with van der Waals surface area (Å²) < 4.78 is 4.79. The summed E-state index contributed by atoms with van der Waals surface area (Å²) in [6.07, 6.45) is 1.58. The lowest BCUT2D eigenvalue weighted by atomic mass is 10.2. The fraction of sp³-hybridized carbons (Fsp3) is 0.300. The second kappa shape index (κ2) is 5.41. The average Bonchev–Trinajstić information content (AvgIpc) is 2.66. The number of hydrogen-bond acceptors (Lipinski definition) is 5. The van der Waals surface area contributed by atoms with Gasteiger partial charge in [-0.3, -0.25) is 10.1 Å². The molecule has 6 heteroatoms. The van der Waals surface area contributed by atoms with E-state index in [0.29, 0.717) is 17.1 Å². The summed E-state index contributed by atoms with van der Waals surface area (Å²) in [5, 5.41) is 10.5. The maximum atomic E-state index is 11.3. The molecule has 16 heavy (non-hydrogen) atoms. The van der Waals surface area contributed by atoms with E-state index in [1.165, 1.54) is 6.07 Å². The Kier molecular flexibility index (Phi) is 4.19. The molecular weight excluding hydrogens is 230 g/mol. The smallest absolute Gasteiger partial charge is 0.333 e. The van der Waals surface area contributed by atoms with Crippen LogP contribution in [0.4, 0.5) is 5.00 Å². The van der Waals surface area contributed by atoms with Gasteiger partial charge in [0.05, 0.1) is 11.5 Å². The van der Waals surface area contributed by atoms with E-state index in [4.69, 9.17) is 4.74 Å². The van der Waals surface area contributed by atoms with Crippen molar-refractivity contribution < 1.29 is 14.5 Å². The number of thiophene rings is 1. The number of ether oxygens (including phenoxy) is 1. The molecule has 0 aliphatic heterocycles. The van der Waals surface area contributed by atoms with E-state index in [0.717, 1.165) is 11.3 Å². The highest BCUT2D eigenvalue weighted by molar-refractivity contribution is 7.16. The van der Waals surface area contributed by atoms with Crippen molar-refractivity contribution in [3.63, 3.8) is 0 Å². The molecule has 1 heterocycles. The molecule has 0 amide bonds. The first-order valence-corrected chi connectivity index (χ1v) is 5.46. The zero-order valence-corrected chi connectivity index (χ0v) is 9.74. The van der Waals surface area contributed by atoms with Crippen LogP contribution in [-0.4, -0.2) is 17.5 Å². The lowest BCUT2D eigenvalue weighted by Gasteiger charge is -1.99. The van der Waals surface area contributed by atoms with Gasteiger partial charge in [0.25, 0.3) is 0 Å². The average molecular weight is 241 g/mol. The second-order valence-electron chi connectivity index (χ2n) is 2.98. The Balaban J connectivity index is 2.81. The van der Waals surface area contributed by atoms with Crippen LogP contribution in [0.1, 0.15) is 18.7 Å². The SMILES string of the molecule is CCOC(=O)/C(C)=C/c1ccc([N+](=O)[O-])s1. The Morgan fingerprint density at radius 3 is 2.81 bits per heavy atom. The van der Waals surface area contributed by atoms with Crippen LogP contribution >= 0.6 is 11.3 Å². The fourth-order valence-corrected chi connectivity index (χ4v) is 1.86. The molecule has 0 saturated carbocycles. The molecule has 0 unspecified atom stereocenters. The topological polar surface area (TPSA) is 69.4 Å². The Labute approximate surface area is 96.5 Å². The minimum Gasteiger partial charge on any atom is -0.463 e. The molecule has 0 radical (unpaired) electrons. The number of hydrogen-bond donors (Lipinski definition) is 0. The predicted molar refractivity (Wildman–Crippen MR) is 61.3 cm³/mol. The van der Waals surface area contributed by atoms with Gasteiger partial charge in [-0.1, -0.05) is 11.3 Å². The monoisotopic (exact) mass is 241 g/mol. The van der Waals surface area contributed by atoms with Crippen molar-refractivity contribution in [2.24, 2.45) is 0 Å². The Bertz CT molecular complexity index is 436. The first-order valence-electron chi connectivity index (χ1n) is 4.64. The number of esters is 1. The third kappa shape index (κ3) is 3.16. The molecule has 0 spiro atoms. The highest BCUT2D eigenvalue weighted by Gasteiger charge is 2.10. The maximum Gasteiger partial charge on any atom is 0.333 e. The van der Waals surface area contributed by atoms with Gasteiger partial charge in [0.15, 0.2) is 0 Å². The Hall–Kier alpha value is -1.69. The van der Waals surface area contributed by atoms with Crippen LogP contribution in [0, 0.1) is 10.1 Å². The summed E-state index contributed by atoms with van der Waals surface area (Å²) in [5.74, 6) is -0.404. The summed E-state index contributed by atoms with van der Waals surface area (Å²) in [5.41, 5.74) is 0.429. The molecule has 0 atom stereocenters. The molecule has 5 nitrogen and oxygen atoms in total. The van der Waals surface area contributed by atoms with Crippen LogP contribution in [0.25, 0.3) is 6.08 Å². The van der Waals surface area contributed by atoms with Crippen LogP contribution in [0.3, 0.4) is 0 Å². The molecule has 1 aromatic heterocycles. The number of rotatable bonds is 4. The first kappa shape index (κ1) is 12.4.